The maximum atomic E-state index is 10.8. The van der Waals surface area contributed by atoms with Crippen molar-refractivity contribution in [2.45, 2.75) is 31.5 Å². The number of epoxide rings is 1. The Balaban J connectivity index is 2.09. The van der Waals surface area contributed by atoms with Crippen molar-refractivity contribution in [1.29, 1.82) is 0 Å². The molecule has 0 radical (unpaired) electrons. The fourth-order valence-electron chi connectivity index (χ4n) is 1.43. The predicted molar refractivity (Wildman–Crippen MR) is 33.5 cm³/mol. The molecule has 0 aromatic carbocycles. The average molecular weight is 142 g/mol. The van der Waals surface area contributed by atoms with Crippen molar-refractivity contribution in [3.8, 4) is 0 Å². The quantitative estimate of drug-likeness (QED) is 0.365. The number of cyclic esters (lactones) is 1. The van der Waals surface area contributed by atoms with Gasteiger partial charge in [0.2, 0.25) is 0 Å². The summed E-state index contributed by atoms with van der Waals surface area (Å²) >= 11 is 0. The van der Waals surface area contributed by atoms with Gasteiger partial charge in [-0.1, -0.05) is 0 Å². The molecule has 2 saturated heterocycles. The van der Waals surface area contributed by atoms with E-state index >= 15 is 0 Å². The van der Waals surface area contributed by atoms with E-state index in [0.29, 0.717) is 13.0 Å². The zero-order valence-corrected chi connectivity index (χ0v) is 5.92. The Bertz CT molecular complexity index is 178. The molecule has 10 heavy (non-hydrogen) atoms. The molecule has 0 aliphatic carbocycles. The second-order valence-corrected chi connectivity index (χ2v) is 3.11. The summed E-state index contributed by atoms with van der Waals surface area (Å²) in [4.78, 5) is 10.8. The number of fused-ring (bicyclic) bond motifs is 1. The molecular weight excluding hydrogens is 132 g/mol. The third-order valence-electron chi connectivity index (χ3n) is 2.17. The smallest absolute Gasteiger partial charge is 0.308 e. The van der Waals surface area contributed by atoms with Gasteiger partial charge in [-0.3, -0.25) is 4.79 Å². The highest BCUT2D eigenvalue weighted by molar-refractivity contribution is 5.71. The van der Waals surface area contributed by atoms with Crippen LogP contribution >= 0.6 is 0 Å². The number of hydrogen-bond donors (Lipinski definition) is 0. The normalized spacial score (nSPS) is 45.3. The minimum atomic E-state index is -0.173. The lowest BCUT2D eigenvalue weighted by molar-refractivity contribution is -0.144. The Morgan fingerprint density at radius 3 is 3.30 bits per heavy atom. The molecule has 2 atom stereocenters. The number of rotatable bonds is 0. The summed E-state index contributed by atoms with van der Waals surface area (Å²) in [6.07, 6.45) is 1.57. The van der Waals surface area contributed by atoms with Gasteiger partial charge in [-0.15, -0.1) is 0 Å². The molecule has 0 bridgehead atoms. The number of carbonyl (C=O) groups is 1. The van der Waals surface area contributed by atoms with Crippen LogP contribution in [0.25, 0.3) is 0 Å². The second-order valence-electron chi connectivity index (χ2n) is 3.11. The van der Waals surface area contributed by atoms with Gasteiger partial charge in [-0.2, -0.15) is 0 Å². The van der Waals surface area contributed by atoms with Crippen molar-refractivity contribution in [2.75, 3.05) is 6.61 Å². The largest absolute Gasteiger partial charge is 0.465 e. The summed E-state index contributed by atoms with van der Waals surface area (Å²) in [5, 5.41) is 0. The van der Waals surface area contributed by atoms with Gasteiger partial charge in [0, 0.05) is 6.42 Å². The Morgan fingerprint density at radius 1 is 1.70 bits per heavy atom. The summed E-state index contributed by atoms with van der Waals surface area (Å²) < 4.78 is 10.2. The van der Waals surface area contributed by atoms with Gasteiger partial charge in [0.25, 0.3) is 0 Å². The molecule has 0 spiro atoms. The summed E-state index contributed by atoms with van der Waals surface area (Å²) in [5.74, 6) is -0.123. The molecule has 2 heterocycles. The first-order valence-electron chi connectivity index (χ1n) is 3.54. The summed E-state index contributed by atoms with van der Waals surface area (Å²) in [7, 11) is 0. The van der Waals surface area contributed by atoms with E-state index in [4.69, 9.17) is 9.47 Å². The molecule has 0 amide bonds. The molecule has 56 valence electrons. The lowest BCUT2D eigenvalue weighted by Crippen LogP contribution is -2.13. The van der Waals surface area contributed by atoms with Crippen molar-refractivity contribution < 1.29 is 14.3 Å². The molecule has 3 nitrogen and oxygen atoms in total. The van der Waals surface area contributed by atoms with Gasteiger partial charge in [-0.25, -0.2) is 0 Å². The fourth-order valence-corrected chi connectivity index (χ4v) is 1.43. The highest BCUT2D eigenvalue weighted by Crippen LogP contribution is 2.43. The van der Waals surface area contributed by atoms with E-state index in [0.717, 1.165) is 6.42 Å². The molecule has 2 rings (SSSR count). The average Bonchev–Trinajstić information content (AvgIpc) is 2.40. The summed E-state index contributed by atoms with van der Waals surface area (Å²) in [6.45, 7) is 2.49. The Hall–Kier alpha value is -0.570. The van der Waals surface area contributed by atoms with Gasteiger partial charge < -0.3 is 9.47 Å². The highest BCUT2D eigenvalue weighted by atomic mass is 16.6. The predicted octanol–water partition coefficient (Wildman–Crippen LogP) is 0.481. The zero-order valence-electron chi connectivity index (χ0n) is 5.92. The standard InChI is InChI=1S/C7H10O3/c1-7-4-6(8)9-3-2-5(7)10-7/h5H,2-4H2,1H3. The van der Waals surface area contributed by atoms with E-state index in [1.807, 2.05) is 6.92 Å². The molecule has 0 N–H and O–H groups in total. The lowest BCUT2D eigenvalue weighted by Gasteiger charge is -2.00. The minimum Gasteiger partial charge on any atom is -0.465 e. The topological polar surface area (TPSA) is 38.8 Å². The van der Waals surface area contributed by atoms with Crippen LogP contribution in [0.4, 0.5) is 0 Å². The van der Waals surface area contributed by atoms with Crippen molar-refractivity contribution in [2.24, 2.45) is 0 Å². The van der Waals surface area contributed by atoms with E-state index in [2.05, 4.69) is 0 Å². The van der Waals surface area contributed by atoms with Crippen LogP contribution in [0.15, 0.2) is 0 Å². The van der Waals surface area contributed by atoms with E-state index in [1.54, 1.807) is 0 Å². The number of esters is 1. The zero-order chi connectivity index (χ0) is 7.19. The molecule has 0 saturated carbocycles. The fraction of sp³-hybridized carbons (Fsp3) is 0.857. The number of ether oxygens (including phenoxy) is 2. The van der Waals surface area contributed by atoms with Crippen molar-refractivity contribution in [3.63, 3.8) is 0 Å². The summed E-state index contributed by atoms with van der Waals surface area (Å²) in [5.41, 5.74) is -0.173. The first kappa shape index (κ1) is 6.16. The minimum absolute atomic E-state index is 0.123. The van der Waals surface area contributed by atoms with Gasteiger partial charge in [0.1, 0.15) is 5.60 Å². The van der Waals surface area contributed by atoms with Crippen molar-refractivity contribution in [1.82, 2.24) is 0 Å². The van der Waals surface area contributed by atoms with Crippen LogP contribution in [0.2, 0.25) is 0 Å². The van der Waals surface area contributed by atoms with Gasteiger partial charge in [0.15, 0.2) is 0 Å². The van der Waals surface area contributed by atoms with E-state index in [9.17, 15) is 4.79 Å². The first-order chi connectivity index (χ1) is 4.71. The molecule has 2 unspecified atom stereocenters. The third kappa shape index (κ3) is 0.814. The van der Waals surface area contributed by atoms with Crippen LogP contribution < -0.4 is 0 Å². The Kier molecular flexibility index (Phi) is 1.06. The van der Waals surface area contributed by atoms with E-state index < -0.39 is 0 Å². The van der Waals surface area contributed by atoms with Gasteiger partial charge in [-0.05, 0) is 6.92 Å². The van der Waals surface area contributed by atoms with Crippen LogP contribution in [-0.2, 0) is 14.3 Å². The molecule has 3 heteroatoms. The van der Waals surface area contributed by atoms with Crippen LogP contribution in [0.3, 0.4) is 0 Å². The second kappa shape index (κ2) is 1.72. The maximum absolute atomic E-state index is 10.8. The SMILES string of the molecule is CC12CC(=O)OCCC1O2. The van der Waals surface area contributed by atoms with Crippen LogP contribution in [0.1, 0.15) is 19.8 Å². The molecule has 2 fully saturated rings. The lowest BCUT2D eigenvalue weighted by atomic mass is 10.0. The Morgan fingerprint density at radius 2 is 2.50 bits per heavy atom. The third-order valence-corrected chi connectivity index (χ3v) is 2.17. The molecular formula is C7H10O3. The van der Waals surface area contributed by atoms with Crippen LogP contribution in [0.5, 0.6) is 0 Å². The molecule has 2 aliphatic rings. The van der Waals surface area contributed by atoms with Crippen LogP contribution in [0, 0.1) is 0 Å². The maximum Gasteiger partial charge on any atom is 0.308 e. The van der Waals surface area contributed by atoms with Gasteiger partial charge >= 0.3 is 5.97 Å². The van der Waals surface area contributed by atoms with Gasteiger partial charge in [0.05, 0.1) is 19.1 Å². The molecule has 0 aromatic heterocycles. The monoisotopic (exact) mass is 142 g/mol. The number of hydrogen-bond acceptors (Lipinski definition) is 3. The van der Waals surface area contributed by atoms with E-state index in [-0.39, 0.29) is 17.7 Å². The van der Waals surface area contributed by atoms with Crippen LogP contribution in [-0.4, -0.2) is 24.3 Å². The van der Waals surface area contributed by atoms with Crippen molar-refractivity contribution in [3.05, 3.63) is 0 Å². The van der Waals surface area contributed by atoms with Crippen molar-refractivity contribution >= 4 is 5.97 Å². The van der Waals surface area contributed by atoms with E-state index in [1.165, 1.54) is 0 Å². The Labute approximate surface area is 59.3 Å². The summed E-state index contributed by atoms with van der Waals surface area (Å²) in [6, 6.07) is 0. The highest BCUT2D eigenvalue weighted by Gasteiger charge is 2.54. The first-order valence-corrected chi connectivity index (χ1v) is 3.54. The number of carbonyl (C=O) groups excluding carboxylic acids is 1. The molecule has 2 aliphatic heterocycles. The molecule has 0 aromatic rings.